The standard InChI is InChI=1S/C18H32N2O/c1-6-18(4,20(7-2)8-3)17(19)14-11-15-9-12-16(21-5)13-10-15/h9-10,12-13,17H,6-8,11,14,19H2,1-5H3. The Morgan fingerprint density at radius 2 is 1.71 bits per heavy atom. The van der Waals surface area contributed by atoms with Gasteiger partial charge in [-0.05, 0) is 57.0 Å². The summed E-state index contributed by atoms with van der Waals surface area (Å²) in [6.45, 7) is 11.1. The van der Waals surface area contributed by atoms with Gasteiger partial charge in [0.25, 0.3) is 0 Å². The minimum Gasteiger partial charge on any atom is -0.497 e. The average Bonchev–Trinajstić information content (AvgIpc) is 2.53. The second-order valence-electron chi connectivity index (χ2n) is 5.88. The van der Waals surface area contributed by atoms with Crippen LogP contribution in [0.3, 0.4) is 0 Å². The van der Waals surface area contributed by atoms with Gasteiger partial charge in [0.05, 0.1) is 7.11 Å². The predicted octanol–water partition coefficient (Wildman–Crippen LogP) is 3.47. The molecule has 0 aliphatic carbocycles. The van der Waals surface area contributed by atoms with Crippen molar-refractivity contribution in [2.45, 2.75) is 58.5 Å². The zero-order valence-electron chi connectivity index (χ0n) is 14.4. The predicted molar refractivity (Wildman–Crippen MR) is 90.9 cm³/mol. The van der Waals surface area contributed by atoms with E-state index in [4.69, 9.17) is 10.5 Å². The van der Waals surface area contributed by atoms with Crippen LogP contribution in [0.1, 0.15) is 46.1 Å². The number of benzene rings is 1. The molecule has 1 aromatic rings. The fourth-order valence-corrected chi connectivity index (χ4v) is 3.09. The quantitative estimate of drug-likeness (QED) is 0.757. The fraction of sp³-hybridized carbons (Fsp3) is 0.667. The first-order valence-electron chi connectivity index (χ1n) is 8.15. The van der Waals surface area contributed by atoms with Crippen LogP contribution >= 0.6 is 0 Å². The van der Waals surface area contributed by atoms with Gasteiger partial charge in [0, 0.05) is 11.6 Å². The molecule has 3 heteroatoms. The molecule has 0 spiro atoms. The summed E-state index contributed by atoms with van der Waals surface area (Å²) in [5, 5.41) is 0. The molecule has 0 aliphatic rings. The first-order valence-corrected chi connectivity index (χ1v) is 8.15. The average molecular weight is 292 g/mol. The molecule has 0 saturated carbocycles. The lowest BCUT2D eigenvalue weighted by Crippen LogP contribution is -2.57. The molecular weight excluding hydrogens is 260 g/mol. The summed E-state index contributed by atoms with van der Waals surface area (Å²) in [6.07, 6.45) is 3.10. The molecule has 0 aromatic heterocycles. The highest BCUT2D eigenvalue weighted by atomic mass is 16.5. The molecule has 0 fully saturated rings. The van der Waals surface area contributed by atoms with Gasteiger partial charge in [-0.1, -0.05) is 32.9 Å². The monoisotopic (exact) mass is 292 g/mol. The van der Waals surface area contributed by atoms with E-state index >= 15 is 0 Å². The number of nitrogens with zero attached hydrogens (tertiary/aromatic N) is 1. The van der Waals surface area contributed by atoms with Crippen molar-refractivity contribution >= 4 is 0 Å². The zero-order chi connectivity index (χ0) is 15.9. The Morgan fingerprint density at radius 1 is 1.14 bits per heavy atom. The second kappa shape index (κ2) is 8.40. The third kappa shape index (κ3) is 4.45. The van der Waals surface area contributed by atoms with Crippen LogP contribution in [0, 0.1) is 0 Å². The van der Waals surface area contributed by atoms with E-state index in [1.54, 1.807) is 7.11 Å². The maximum absolute atomic E-state index is 6.55. The third-order valence-electron chi connectivity index (χ3n) is 4.90. The van der Waals surface area contributed by atoms with Crippen LogP contribution in [0.25, 0.3) is 0 Å². The Labute approximate surface area is 130 Å². The number of aryl methyl sites for hydroxylation is 1. The molecule has 0 heterocycles. The van der Waals surface area contributed by atoms with Gasteiger partial charge in [-0.25, -0.2) is 0 Å². The van der Waals surface area contributed by atoms with Crippen molar-refractivity contribution in [3.05, 3.63) is 29.8 Å². The van der Waals surface area contributed by atoms with E-state index in [0.717, 1.165) is 38.1 Å². The first-order chi connectivity index (χ1) is 10.0. The van der Waals surface area contributed by atoms with E-state index in [1.807, 2.05) is 12.1 Å². The largest absolute Gasteiger partial charge is 0.497 e. The number of likely N-dealkylation sites (N-methyl/N-ethyl adjacent to an activating group) is 1. The molecule has 21 heavy (non-hydrogen) atoms. The van der Waals surface area contributed by atoms with Crippen molar-refractivity contribution in [3.8, 4) is 5.75 Å². The lowest BCUT2D eigenvalue weighted by molar-refractivity contribution is 0.0815. The zero-order valence-corrected chi connectivity index (χ0v) is 14.4. The van der Waals surface area contributed by atoms with E-state index in [-0.39, 0.29) is 11.6 Å². The molecule has 2 unspecified atom stereocenters. The second-order valence-corrected chi connectivity index (χ2v) is 5.88. The van der Waals surface area contributed by atoms with Gasteiger partial charge in [-0.3, -0.25) is 4.90 Å². The molecule has 120 valence electrons. The lowest BCUT2D eigenvalue weighted by atomic mass is 9.84. The first kappa shape index (κ1) is 18.0. The lowest BCUT2D eigenvalue weighted by Gasteiger charge is -2.44. The van der Waals surface area contributed by atoms with Gasteiger partial charge < -0.3 is 10.5 Å². The minimum atomic E-state index is 0.0793. The molecule has 2 N–H and O–H groups in total. The van der Waals surface area contributed by atoms with Crippen molar-refractivity contribution in [3.63, 3.8) is 0 Å². The molecule has 3 nitrogen and oxygen atoms in total. The summed E-state index contributed by atoms with van der Waals surface area (Å²) in [5.74, 6) is 0.907. The SMILES string of the molecule is CCN(CC)C(C)(CC)C(N)CCc1ccc(OC)cc1. The Morgan fingerprint density at radius 3 is 2.14 bits per heavy atom. The van der Waals surface area contributed by atoms with Crippen LogP contribution in [-0.2, 0) is 6.42 Å². The van der Waals surface area contributed by atoms with Crippen molar-refractivity contribution < 1.29 is 4.74 Å². The van der Waals surface area contributed by atoms with Gasteiger partial charge >= 0.3 is 0 Å². The van der Waals surface area contributed by atoms with Crippen LogP contribution in [0.5, 0.6) is 5.75 Å². The van der Waals surface area contributed by atoms with Gasteiger partial charge in [0.15, 0.2) is 0 Å². The smallest absolute Gasteiger partial charge is 0.118 e. The molecule has 0 radical (unpaired) electrons. The van der Waals surface area contributed by atoms with Crippen molar-refractivity contribution in [2.24, 2.45) is 5.73 Å². The van der Waals surface area contributed by atoms with Gasteiger partial charge in [-0.15, -0.1) is 0 Å². The molecule has 0 saturated heterocycles. The number of ether oxygens (including phenoxy) is 1. The number of rotatable bonds is 9. The van der Waals surface area contributed by atoms with Gasteiger partial charge in [0.2, 0.25) is 0 Å². The van der Waals surface area contributed by atoms with Crippen LogP contribution in [0.15, 0.2) is 24.3 Å². The Hall–Kier alpha value is -1.06. The summed E-state index contributed by atoms with van der Waals surface area (Å²) in [5.41, 5.74) is 7.96. The summed E-state index contributed by atoms with van der Waals surface area (Å²) in [6, 6.07) is 8.48. The molecule has 2 atom stereocenters. The van der Waals surface area contributed by atoms with E-state index in [2.05, 4.69) is 44.7 Å². The number of hydrogen-bond donors (Lipinski definition) is 1. The van der Waals surface area contributed by atoms with Crippen LogP contribution in [0.2, 0.25) is 0 Å². The summed E-state index contributed by atoms with van der Waals surface area (Å²) < 4.78 is 5.20. The Bertz CT molecular complexity index is 400. The summed E-state index contributed by atoms with van der Waals surface area (Å²) in [4.78, 5) is 2.49. The van der Waals surface area contributed by atoms with Crippen molar-refractivity contribution in [1.82, 2.24) is 4.90 Å². The maximum atomic E-state index is 6.55. The summed E-state index contributed by atoms with van der Waals surface area (Å²) >= 11 is 0. The molecule has 1 rings (SSSR count). The molecule has 0 bridgehead atoms. The van der Waals surface area contributed by atoms with Crippen LogP contribution < -0.4 is 10.5 Å². The number of nitrogens with two attached hydrogens (primary N) is 1. The molecule has 0 aliphatic heterocycles. The highest BCUT2D eigenvalue weighted by Gasteiger charge is 2.34. The van der Waals surface area contributed by atoms with E-state index < -0.39 is 0 Å². The molecule has 0 amide bonds. The summed E-state index contributed by atoms with van der Waals surface area (Å²) in [7, 11) is 1.70. The van der Waals surface area contributed by atoms with Gasteiger partial charge in [0.1, 0.15) is 5.75 Å². The molecular formula is C18H32N2O. The maximum Gasteiger partial charge on any atom is 0.118 e. The number of hydrogen-bond acceptors (Lipinski definition) is 3. The van der Waals surface area contributed by atoms with Crippen LogP contribution in [0.4, 0.5) is 0 Å². The Kier molecular flexibility index (Phi) is 7.20. The fourth-order valence-electron chi connectivity index (χ4n) is 3.09. The highest BCUT2D eigenvalue weighted by molar-refractivity contribution is 5.27. The topological polar surface area (TPSA) is 38.5 Å². The van der Waals surface area contributed by atoms with Crippen molar-refractivity contribution in [2.75, 3.05) is 20.2 Å². The minimum absolute atomic E-state index is 0.0793. The normalized spacial score (nSPS) is 15.8. The molecule has 1 aromatic carbocycles. The number of methoxy groups -OCH3 is 1. The third-order valence-corrected chi connectivity index (χ3v) is 4.90. The van der Waals surface area contributed by atoms with E-state index in [9.17, 15) is 0 Å². The van der Waals surface area contributed by atoms with Crippen molar-refractivity contribution in [1.29, 1.82) is 0 Å². The highest BCUT2D eigenvalue weighted by Crippen LogP contribution is 2.25. The van der Waals surface area contributed by atoms with Gasteiger partial charge in [-0.2, -0.15) is 0 Å². The Balaban J connectivity index is 2.67. The van der Waals surface area contributed by atoms with Crippen LogP contribution in [-0.4, -0.2) is 36.7 Å². The van der Waals surface area contributed by atoms with E-state index in [0.29, 0.717) is 0 Å². The van der Waals surface area contributed by atoms with E-state index in [1.165, 1.54) is 5.56 Å².